The lowest BCUT2D eigenvalue weighted by molar-refractivity contribution is -0.383. The first kappa shape index (κ1) is 28.9. The molecule has 0 saturated carbocycles. The van der Waals surface area contributed by atoms with Crippen LogP contribution in [-0.4, -0.2) is 37.2 Å². The van der Waals surface area contributed by atoms with Crippen LogP contribution in [-0.2, 0) is 10.3 Å². The minimum atomic E-state index is -5.81. The smallest absolute Gasteiger partial charge is 0.430 e. The van der Waals surface area contributed by atoms with Gasteiger partial charge in [0.25, 0.3) is 5.60 Å². The lowest BCUT2D eigenvalue weighted by Gasteiger charge is -2.36. The Morgan fingerprint density at radius 1 is 0.951 bits per heavy atom. The standard InChI is InChI=1S/C29H25F6NO4S/c1-14-13-26(2,3)36-17-7-6-15-23(22(14)17)20(40-19-9-8-18(37)25(38-4)24(15)19)12-21-16(10-11-41-21)27(39-5,28(30,31)32)29(33,34)35/h6-13,36-37H,1-5H3. The van der Waals surface area contributed by atoms with Gasteiger partial charge in [0.05, 0.1) is 18.2 Å². The molecule has 218 valence electrons. The Morgan fingerprint density at radius 2 is 1.63 bits per heavy atom. The Kier molecular flexibility index (Phi) is 6.65. The van der Waals surface area contributed by atoms with E-state index in [1.165, 1.54) is 25.3 Å². The SMILES string of the molecule is COc1c(O)ccc2c1-c1ccc3c(c1C(=Cc1sccc1C(OC)(C(F)(F)F)C(F)(F)F)O2)C(C)=CC(C)(C)N3. The highest BCUT2D eigenvalue weighted by Gasteiger charge is 2.73. The van der Waals surface area contributed by atoms with Gasteiger partial charge in [-0.2, -0.15) is 26.3 Å². The molecule has 1 aromatic heterocycles. The van der Waals surface area contributed by atoms with Crippen LogP contribution in [0, 0.1) is 0 Å². The number of halogens is 6. The Labute approximate surface area is 235 Å². The molecule has 0 atom stereocenters. The fraction of sp³-hybridized carbons (Fsp3) is 0.310. The lowest BCUT2D eigenvalue weighted by atomic mass is 9.82. The van der Waals surface area contributed by atoms with Crippen LogP contribution in [0.4, 0.5) is 32.0 Å². The molecule has 2 aromatic carbocycles. The molecule has 3 aromatic rings. The van der Waals surface area contributed by atoms with E-state index in [-0.39, 0.29) is 27.9 Å². The average Bonchev–Trinajstić information content (AvgIpc) is 3.30. The number of methoxy groups -OCH3 is 2. The molecule has 12 heteroatoms. The van der Waals surface area contributed by atoms with E-state index in [4.69, 9.17) is 9.47 Å². The van der Waals surface area contributed by atoms with Crippen LogP contribution >= 0.6 is 11.3 Å². The molecule has 0 fully saturated rings. The molecule has 0 amide bonds. The van der Waals surface area contributed by atoms with Crippen LogP contribution in [0.25, 0.3) is 28.5 Å². The molecule has 0 spiro atoms. The van der Waals surface area contributed by atoms with Crippen LogP contribution in [0.1, 0.15) is 42.3 Å². The summed E-state index contributed by atoms with van der Waals surface area (Å²) in [5.41, 5.74) is -2.64. The maximum absolute atomic E-state index is 14.2. The zero-order valence-electron chi connectivity index (χ0n) is 22.5. The summed E-state index contributed by atoms with van der Waals surface area (Å²) in [6.45, 7) is 5.77. The fourth-order valence-electron chi connectivity index (χ4n) is 5.60. The van der Waals surface area contributed by atoms with E-state index in [0.717, 1.165) is 17.0 Å². The van der Waals surface area contributed by atoms with Crippen LogP contribution < -0.4 is 14.8 Å². The van der Waals surface area contributed by atoms with Gasteiger partial charge >= 0.3 is 12.4 Å². The second-order valence-electron chi connectivity index (χ2n) is 10.3. The average molecular weight is 598 g/mol. The molecule has 0 aliphatic carbocycles. The number of hydrogen-bond acceptors (Lipinski definition) is 6. The maximum atomic E-state index is 14.2. The predicted octanol–water partition coefficient (Wildman–Crippen LogP) is 8.59. The number of alkyl halides is 6. The second kappa shape index (κ2) is 9.45. The Bertz CT molecular complexity index is 1590. The van der Waals surface area contributed by atoms with E-state index >= 15 is 0 Å². The number of phenols is 1. The first-order valence-corrected chi connectivity index (χ1v) is 13.2. The molecule has 0 bridgehead atoms. The molecule has 5 rings (SSSR count). The number of hydrogen-bond donors (Lipinski definition) is 2. The third kappa shape index (κ3) is 4.35. The van der Waals surface area contributed by atoms with Gasteiger partial charge in [-0.1, -0.05) is 12.1 Å². The number of nitrogens with one attached hydrogen (secondary N) is 1. The molecular weight excluding hydrogens is 572 g/mol. The number of thiophene rings is 1. The van der Waals surface area contributed by atoms with E-state index in [2.05, 4.69) is 10.1 Å². The summed E-state index contributed by atoms with van der Waals surface area (Å²) in [7, 11) is 1.75. The summed E-state index contributed by atoms with van der Waals surface area (Å²) < 4.78 is 101. The fourth-order valence-corrected chi connectivity index (χ4v) is 6.46. The Balaban J connectivity index is 1.83. The zero-order valence-corrected chi connectivity index (χ0v) is 23.3. The molecular formula is C29H25F6NO4S. The van der Waals surface area contributed by atoms with Crippen molar-refractivity contribution in [2.75, 3.05) is 19.5 Å². The van der Waals surface area contributed by atoms with Crippen molar-refractivity contribution in [3.05, 3.63) is 63.4 Å². The predicted molar refractivity (Wildman–Crippen MR) is 145 cm³/mol. The molecule has 0 unspecified atom stereocenters. The van der Waals surface area contributed by atoms with Crippen molar-refractivity contribution in [1.29, 1.82) is 0 Å². The van der Waals surface area contributed by atoms with Gasteiger partial charge in [0.15, 0.2) is 11.5 Å². The second-order valence-corrected chi connectivity index (χ2v) is 11.2. The molecule has 2 aliphatic rings. The summed E-state index contributed by atoms with van der Waals surface area (Å²) in [6, 6.07) is 7.10. The zero-order chi connectivity index (χ0) is 30.1. The molecule has 41 heavy (non-hydrogen) atoms. The molecule has 3 heterocycles. The summed E-state index contributed by atoms with van der Waals surface area (Å²) in [4.78, 5) is -0.347. The molecule has 2 aliphatic heterocycles. The topological polar surface area (TPSA) is 60.0 Å². The largest absolute Gasteiger partial charge is 0.504 e. The van der Waals surface area contributed by atoms with E-state index in [1.807, 2.05) is 32.9 Å². The van der Waals surface area contributed by atoms with Crippen molar-refractivity contribution < 1.29 is 45.7 Å². The molecule has 0 radical (unpaired) electrons. The Morgan fingerprint density at radius 3 is 2.24 bits per heavy atom. The Hall–Kier alpha value is -3.64. The molecule has 0 saturated heterocycles. The minimum Gasteiger partial charge on any atom is -0.504 e. The quantitative estimate of drug-likeness (QED) is 0.295. The minimum absolute atomic E-state index is 0.0180. The highest BCUT2D eigenvalue weighted by atomic mass is 32.1. The van der Waals surface area contributed by atoms with Crippen LogP contribution in [0.3, 0.4) is 0 Å². The number of fused-ring (bicyclic) bond motifs is 5. The van der Waals surface area contributed by atoms with E-state index in [1.54, 1.807) is 6.07 Å². The van der Waals surface area contributed by atoms with Crippen molar-refractivity contribution in [3.8, 4) is 28.4 Å². The maximum Gasteiger partial charge on any atom is 0.430 e. The number of rotatable bonds is 4. The number of benzene rings is 2. The van der Waals surface area contributed by atoms with Gasteiger partial charge in [-0.25, -0.2) is 0 Å². The lowest BCUT2D eigenvalue weighted by Crippen LogP contribution is -2.55. The highest BCUT2D eigenvalue weighted by Crippen LogP contribution is 2.57. The van der Waals surface area contributed by atoms with E-state index in [0.29, 0.717) is 46.4 Å². The van der Waals surface area contributed by atoms with Crippen molar-refractivity contribution in [2.45, 2.75) is 44.3 Å². The number of phenolic OH excluding ortho intramolecular Hbond substituents is 1. The number of anilines is 1. The van der Waals surface area contributed by atoms with Crippen molar-refractivity contribution in [3.63, 3.8) is 0 Å². The van der Waals surface area contributed by atoms with Gasteiger partial charge in [0, 0.05) is 39.9 Å². The summed E-state index contributed by atoms with van der Waals surface area (Å²) in [5, 5.41) is 15.0. The summed E-state index contributed by atoms with van der Waals surface area (Å²) in [5.74, 6) is 0.160. The van der Waals surface area contributed by atoms with Gasteiger partial charge in [-0.05, 0) is 62.1 Å². The summed E-state index contributed by atoms with van der Waals surface area (Å²) in [6.07, 6.45) is -8.50. The third-order valence-corrected chi connectivity index (χ3v) is 7.98. The number of aromatic hydroxyl groups is 1. The first-order chi connectivity index (χ1) is 19.1. The van der Waals surface area contributed by atoms with Gasteiger partial charge < -0.3 is 24.6 Å². The van der Waals surface area contributed by atoms with Gasteiger partial charge in [-0.3, -0.25) is 0 Å². The van der Waals surface area contributed by atoms with Crippen molar-refractivity contribution >= 4 is 34.4 Å². The molecule has 5 nitrogen and oxygen atoms in total. The van der Waals surface area contributed by atoms with Crippen molar-refractivity contribution in [2.24, 2.45) is 0 Å². The third-order valence-electron chi connectivity index (χ3n) is 7.11. The number of allylic oxidation sites excluding steroid dienone is 1. The van der Waals surface area contributed by atoms with E-state index < -0.39 is 29.1 Å². The van der Waals surface area contributed by atoms with Crippen LogP contribution in [0.2, 0.25) is 0 Å². The summed E-state index contributed by atoms with van der Waals surface area (Å²) >= 11 is 0.690. The van der Waals surface area contributed by atoms with Gasteiger partial charge in [0.2, 0.25) is 0 Å². The highest BCUT2D eigenvalue weighted by molar-refractivity contribution is 7.11. The molecule has 2 N–H and O–H groups in total. The van der Waals surface area contributed by atoms with Crippen LogP contribution in [0.15, 0.2) is 41.8 Å². The number of ether oxygens (including phenoxy) is 3. The van der Waals surface area contributed by atoms with E-state index in [9.17, 15) is 31.4 Å². The normalized spacial score (nSPS) is 17.1. The van der Waals surface area contributed by atoms with Crippen molar-refractivity contribution in [1.82, 2.24) is 0 Å². The first-order valence-electron chi connectivity index (χ1n) is 12.3. The van der Waals surface area contributed by atoms with Crippen LogP contribution in [0.5, 0.6) is 17.2 Å². The monoisotopic (exact) mass is 597 g/mol. The van der Waals surface area contributed by atoms with Gasteiger partial charge in [-0.15, -0.1) is 11.3 Å². The van der Waals surface area contributed by atoms with Gasteiger partial charge in [0.1, 0.15) is 11.5 Å².